The number of likely N-dealkylation sites (tertiary alicyclic amines) is 1. The fourth-order valence-electron chi connectivity index (χ4n) is 4.06. The smallest absolute Gasteiger partial charge is 0.227 e. The van der Waals surface area contributed by atoms with E-state index in [0.717, 1.165) is 31.6 Å². The summed E-state index contributed by atoms with van der Waals surface area (Å²) in [6.45, 7) is 2.47. The van der Waals surface area contributed by atoms with Gasteiger partial charge in [0.15, 0.2) is 0 Å². The molecule has 1 saturated heterocycles. The van der Waals surface area contributed by atoms with Crippen molar-refractivity contribution in [1.82, 2.24) is 15.0 Å². The molecule has 31 heavy (non-hydrogen) atoms. The van der Waals surface area contributed by atoms with Crippen molar-refractivity contribution in [3.8, 4) is 17.1 Å². The van der Waals surface area contributed by atoms with Crippen LogP contribution in [0.15, 0.2) is 47.0 Å². The molecule has 7 heteroatoms. The molecular formula is C24H26FN3O3. The molecule has 0 radical (unpaired) electrons. The molecule has 2 heterocycles. The maximum Gasteiger partial charge on any atom is 0.227 e. The summed E-state index contributed by atoms with van der Waals surface area (Å²) in [6.07, 6.45) is 3.53. The van der Waals surface area contributed by atoms with E-state index in [4.69, 9.17) is 9.26 Å². The molecular weight excluding hydrogens is 397 g/mol. The summed E-state index contributed by atoms with van der Waals surface area (Å²) in [5.74, 6) is 1.48. The van der Waals surface area contributed by atoms with E-state index in [1.54, 1.807) is 26.2 Å². The molecule has 0 aliphatic carbocycles. The van der Waals surface area contributed by atoms with Crippen LogP contribution >= 0.6 is 0 Å². The molecule has 0 bridgehead atoms. The zero-order valence-corrected chi connectivity index (χ0v) is 17.8. The van der Waals surface area contributed by atoms with Gasteiger partial charge >= 0.3 is 0 Å². The van der Waals surface area contributed by atoms with Crippen molar-refractivity contribution in [3.05, 3.63) is 65.3 Å². The van der Waals surface area contributed by atoms with Gasteiger partial charge in [-0.05, 0) is 67.6 Å². The Bertz CT molecular complexity index is 1070. The van der Waals surface area contributed by atoms with Gasteiger partial charge in [0.1, 0.15) is 11.6 Å². The summed E-state index contributed by atoms with van der Waals surface area (Å²) in [5, 5.41) is 3.97. The Hall–Kier alpha value is -3.22. The Morgan fingerprint density at radius 1 is 1.29 bits per heavy atom. The Kier molecular flexibility index (Phi) is 6.30. The fraction of sp³-hybridized carbons (Fsp3) is 0.375. The summed E-state index contributed by atoms with van der Waals surface area (Å²) in [6, 6.07) is 12.9. The average molecular weight is 423 g/mol. The van der Waals surface area contributed by atoms with Crippen LogP contribution in [0.4, 0.5) is 4.39 Å². The minimum absolute atomic E-state index is 0.0998. The zero-order valence-electron chi connectivity index (χ0n) is 17.8. The monoisotopic (exact) mass is 423 g/mol. The minimum atomic E-state index is -0.271. The second-order valence-electron chi connectivity index (χ2n) is 7.91. The first-order valence-corrected chi connectivity index (χ1v) is 10.5. The summed E-state index contributed by atoms with van der Waals surface area (Å²) >= 11 is 0. The lowest BCUT2D eigenvalue weighted by Crippen LogP contribution is -2.36. The second-order valence-corrected chi connectivity index (χ2v) is 7.91. The molecule has 3 aromatic rings. The molecule has 1 aliphatic heterocycles. The fourth-order valence-corrected chi connectivity index (χ4v) is 4.06. The predicted octanol–water partition coefficient (Wildman–Crippen LogP) is 4.36. The predicted molar refractivity (Wildman–Crippen MR) is 114 cm³/mol. The molecule has 1 aromatic heterocycles. The zero-order chi connectivity index (χ0) is 21.8. The van der Waals surface area contributed by atoms with E-state index in [9.17, 15) is 9.18 Å². The summed E-state index contributed by atoms with van der Waals surface area (Å²) in [7, 11) is 1.66. The Morgan fingerprint density at radius 3 is 2.97 bits per heavy atom. The van der Waals surface area contributed by atoms with Crippen molar-refractivity contribution in [2.24, 2.45) is 0 Å². The lowest BCUT2D eigenvalue weighted by Gasteiger charge is -2.25. The number of methoxy groups -OCH3 is 1. The van der Waals surface area contributed by atoms with E-state index in [1.807, 2.05) is 23.1 Å². The second kappa shape index (κ2) is 9.29. The molecule has 1 amide bonds. The third-order valence-electron chi connectivity index (χ3n) is 5.74. The van der Waals surface area contributed by atoms with Crippen molar-refractivity contribution in [3.63, 3.8) is 0 Å². The van der Waals surface area contributed by atoms with Crippen molar-refractivity contribution in [2.75, 3.05) is 13.7 Å². The maximum atomic E-state index is 13.5. The number of aromatic nitrogens is 2. The quantitative estimate of drug-likeness (QED) is 0.565. The highest BCUT2D eigenvalue weighted by Crippen LogP contribution is 2.24. The van der Waals surface area contributed by atoms with Gasteiger partial charge in [-0.3, -0.25) is 4.79 Å². The summed E-state index contributed by atoms with van der Waals surface area (Å²) < 4.78 is 24.1. The normalized spacial score (nSPS) is 16.0. The lowest BCUT2D eigenvalue weighted by atomic mass is 10.0. The Morgan fingerprint density at radius 2 is 2.16 bits per heavy atom. The van der Waals surface area contributed by atoms with Gasteiger partial charge in [0.25, 0.3) is 0 Å². The van der Waals surface area contributed by atoms with Gasteiger partial charge in [-0.2, -0.15) is 4.98 Å². The first-order valence-electron chi connectivity index (χ1n) is 10.5. The number of ether oxygens (including phenoxy) is 1. The molecule has 1 fully saturated rings. The van der Waals surface area contributed by atoms with Crippen LogP contribution in [0, 0.1) is 12.7 Å². The number of amides is 1. The standard InChI is InChI=1S/C24H26FN3O3/c1-16-13-18(8-9-21(16)25)24-26-22(31-27-24)10-11-23(29)28-12-4-6-19(28)14-17-5-3-7-20(15-17)30-2/h3,5,7-9,13,15,19H,4,6,10-12,14H2,1-2H3. The van der Waals surface area contributed by atoms with Gasteiger partial charge < -0.3 is 14.2 Å². The van der Waals surface area contributed by atoms with Crippen LogP contribution in [0.2, 0.25) is 0 Å². The van der Waals surface area contributed by atoms with Gasteiger partial charge in [0.05, 0.1) is 7.11 Å². The number of hydrogen-bond acceptors (Lipinski definition) is 5. The van der Waals surface area contributed by atoms with E-state index >= 15 is 0 Å². The van der Waals surface area contributed by atoms with Crippen molar-refractivity contribution in [2.45, 2.75) is 45.1 Å². The molecule has 4 rings (SSSR count). The molecule has 2 aromatic carbocycles. The number of halogens is 1. The van der Waals surface area contributed by atoms with Crippen LogP contribution in [0.3, 0.4) is 0 Å². The Labute approximate surface area is 181 Å². The first kappa shape index (κ1) is 21.0. The lowest BCUT2D eigenvalue weighted by molar-refractivity contribution is -0.132. The minimum Gasteiger partial charge on any atom is -0.497 e. The van der Waals surface area contributed by atoms with Gasteiger partial charge in [-0.15, -0.1) is 0 Å². The number of rotatable bonds is 7. The molecule has 0 spiro atoms. The van der Waals surface area contributed by atoms with Crippen molar-refractivity contribution < 1.29 is 18.4 Å². The summed E-state index contributed by atoms with van der Waals surface area (Å²) in [4.78, 5) is 19.2. The van der Waals surface area contributed by atoms with E-state index in [0.29, 0.717) is 35.7 Å². The van der Waals surface area contributed by atoms with Gasteiger partial charge in [-0.1, -0.05) is 17.3 Å². The van der Waals surface area contributed by atoms with E-state index < -0.39 is 0 Å². The largest absolute Gasteiger partial charge is 0.497 e. The third kappa shape index (κ3) is 4.93. The van der Waals surface area contributed by atoms with Crippen LogP contribution in [-0.4, -0.2) is 40.6 Å². The number of aryl methyl sites for hydroxylation is 2. The number of hydrogen-bond donors (Lipinski definition) is 0. The highest BCUT2D eigenvalue weighted by atomic mass is 19.1. The van der Waals surface area contributed by atoms with Crippen LogP contribution in [0.25, 0.3) is 11.4 Å². The van der Waals surface area contributed by atoms with Crippen LogP contribution in [0.5, 0.6) is 5.75 Å². The molecule has 1 atom stereocenters. The number of carbonyl (C=O) groups is 1. The number of benzene rings is 2. The molecule has 0 saturated carbocycles. The number of carbonyl (C=O) groups excluding carboxylic acids is 1. The van der Waals surface area contributed by atoms with E-state index in [2.05, 4.69) is 16.2 Å². The summed E-state index contributed by atoms with van der Waals surface area (Å²) in [5.41, 5.74) is 2.38. The third-order valence-corrected chi connectivity index (χ3v) is 5.74. The SMILES string of the molecule is COc1cccc(CC2CCCN2C(=O)CCc2nc(-c3ccc(F)c(C)c3)no2)c1. The average Bonchev–Trinajstić information content (AvgIpc) is 3.44. The Balaban J connectivity index is 1.35. The van der Waals surface area contributed by atoms with Crippen molar-refractivity contribution >= 4 is 5.91 Å². The topological polar surface area (TPSA) is 68.5 Å². The van der Waals surface area contributed by atoms with Crippen LogP contribution in [0.1, 0.15) is 36.3 Å². The van der Waals surface area contributed by atoms with Gasteiger partial charge in [0.2, 0.25) is 17.6 Å². The highest BCUT2D eigenvalue weighted by molar-refractivity contribution is 5.77. The van der Waals surface area contributed by atoms with Crippen LogP contribution < -0.4 is 4.74 Å². The van der Waals surface area contributed by atoms with Crippen molar-refractivity contribution in [1.29, 1.82) is 0 Å². The first-order chi connectivity index (χ1) is 15.0. The van der Waals surface area contributed by atoms with E-state index in [1.165, 1.54) is 11.6 Å². The maximum absolute atomic E-state index is 13.5. The van der Waals surface area contributed by atoms with Gasteiger partial charge in [0, 0.05) is 31.0 Å². The molecule has 162 valence electrons. The molecule has 1 unspecified atom stereocenters. The van der Waals surface area contributed by atoms with Gasteiger partial charge in [-0.25, -0.2) is 4.39 Å². The highest BCUT2D eigenvalue weighted by Gasteiger charge is 2.29. The van der Waals surface area contributed by atoms with E-state index in [-0.39, 0.29) is 17.8 Å². The molecule has 1 aliphatic rings. The van der Waals surface area contributed by atoms with Crippen LogP contribution in [-0.2, 0) is 17.6 Å². The molecule has 6 nitrogen and oxygen atoms in total. The number of nitrogens with zero attached hydrogens (tertiary/aromatic N) is 3. The molecule has 0 N–H and O–H groups in total.